The predicted molar refractivity (Wildman–Crippen MR) is 63.1 cm³/mol. The van der Waals surface area contributed by atoms with Crippen LogP contribution < -0.4 is 5.32 Å². The predicted octanol–water partition coefficient (Wildman–Crippen LogP) is 2.51. The van der Waals surface area contributed by atoms with Gasteiger partial charge in [0.1, 0.15) is 0 Å². The highest BCUT2D eigenvalue weighted by Gasteiger charge is 2.03. The molecule has 15 heavy (non-hydrogen) atoms. The molecule has 0 spiro atoms. The molecule has 0 bridgehead atoms. The van der Waals surface area contributed by atoms with Crippen LogP contribution in [0.4, 0.5) is 0 Å². The van der Waals surface area contributed by atoms with Gasteiger partial charge in [-0.2, -0.15) is 0 Å². The summed E-state index contributed by atoms with van der Waals surface area (Å²) >= 11 is 0. The van der Waals surface area contributed by atoms with E-state index in [4.69, 9.17) is 0 Å². The van der Waals surface area contributed by atoms with Crippen molar-refractivity contribution < 1.29 is 4.79 Å². The molecule has 0 aliphatic rings. The Labute approximate surface area is 91.7 Å². The first kappa shape index (κ1) is 11.9. The van der Waals surface area contributed by atoms with Gasteiger partial charge in [-0.25, -0.2) is 0 Å². The van der Waals surface area contributed by atoms with Gasteiger partial charge in [0.05, 0.1) is 0 Å². The molecule has 0 amide bonds. The smallest absolute Gasteiger partial charge is 0.164 e. The van der Waals surface area contributed by atoms with Crippen LogP contribution in [0.5, 0.6) is 0 Å². The van der Waals surface area contributed by atoms with Gasteiger partial charge in [0.2, 0.25) is 0 Å². The summed E-state index contributed by atoms with van der Waals surface area (Å²) in [5.74, 6) is 0.851. The van der Waals surface area contributed by atoms with Crippen LogP contribution in [0.2, 0.25) is 0 Å². The van der Waals surface area contributed by atoms with E-state index in [1.165, 1.54) is 0 Å². The van der Waals surface area contributed by atoms with E-state index in [1.54, 1.807) is 0 Å². The first-order valence-corrected chi connectivity index (χ1v) is 5.49. The molecule has 0 heterocycles. The quantitative estimate of drug-likeness (QED) is 0.571. The lowest BCUT2D eigenvalue weighted by atomic mass is 10.1. The fraction of sp³-hybridized carbons (Fsp3) is 0.462. The maximum absolute atomic E-state index is 11.6. The summed E-state index contributed by atoms with van der Waals surface area (Å²) in [4.78, 5) is 11.6. The van der Waals surface area contributed by atoms with E-state index in [2.05, 4.69) is 19.2 Å². The summed E-state index contributed by atoms with van der Waals surface area (Å²) in [6.45, 7) is 6.06. The number of ketones is 1. The molecule has 0 saturated heterocycles. The van der Waals surface area contributed by atoms with Gasteiger partial charge < -0.3 is 5.32 Å². The van der Waals surface area contributed by atoms with Crippen LogP contribution in [0.3, 0.4) is 0 Å². The van der Waals surface area contributed by atoms with Crippen LogP contribution in [-0.4, -0.2) is 18.9 Å². The molecular weight excluding hydrogens is 186 g/mol. The zero-order chi connectivity index (χ0) is 11.1. The average Bonchev–Trinajstić information content (AvgIpc) is 2.25. The first-order chi connectivity index (χ1) is 7.20. The minimum atomic E-state index is 0.215. The molecule has 2 heteroatoms. The van der Waals surface area contributed by atoms with Crippen molar-refractivity contribution in [1.82, 2.24) is 5.32 Å². The number of carbonyl (C=O) groups is 1. The van der Waals surface area contributed by atoms with Crippen LogP contribution >= 0.6 is 0 Å². The van der Waals surface area contributed by atoms with Gasteiger partial charge in [-0.15, -0.1) is 0 Å². The van der Waals surface area contributed by atoms with E-state index >= 15 is 0 Å². The van der Waals surface area contributed by atoms with E-state index in [0.29, 0.717) is 12.3 Å². The van der Waals surface area contributed by atoms with Gasteiger partial charge in [0, 0.05) is 18.5 Å². The van der Waals surface area contributed by atoms with Crippen molar-refractivity contribution >= 4 is 5.78 Å². The highest BCUT2D eigenvalue weighted by atomic mass is 16.1. The zero-order valence-electron chi connectivity index (χ0n) is 9.49. The number of hydrogen-bond donors (Lipinski definition) is 1. The Morgan fingerprint density at radius 1 is 1.27 bits per heavy atom. The number of carbonyl (C=O) groups excluding carboxylic acids is 1. The third kappa shape index (κ3) is 4.75. The molecule has 0 fully saturated rings. The van der Waals surface area contributed by atoms with Gasteiger partial charge >= 0.3 is 0 Å². The van der Waals surface area contributed by atoms with Gasteiger partial charge in [0.15, 0.2) is 5.78 Å². The van der Waals surface area contributed by atoms with Crippen molar-refractivity contribution in [3.8, 4) is 0 Å². The van der Waals surface area contributed by atoms with E-state index in [9.17, 15) is 4.79 Å². The summed E-state index contributed by atoms with van der Waals surface area (Å²) in [6, 6.07) is 9.45. The molecule has 82 valence electrons. The monoisotopic (exact) mass is 205 g/mol. The second-order valence-corrected chi connectivity index (χ2v) is 4.14. The third-order valence-electron chi connectivity index (χ3n) is 2.18. The van der Waals surface area contributed by atoms with E-state index in [-0.39, 0.29) is 5.78 Å². The number of Topliss-reactive ketones (excluding diaryl/α,β-unsaturated/α-hetero) is 1. The molecule has 0 unspecified atom stereocenters. The number of rotatable bonds is 6. The van der Waals surface area contributed by atoms with Crippen molar-refractivity contribution in [1.29, 1.82) is 0 Å². The molecule has 0 aromatic heterocycles. The maximum Gasteiger partial charge on any atom is 0.164 e. The van der Waals surface area contributed by atoms with Gasteiger partial charge in [-0.3, -0.25) is 4.79 Å². The van der Waals surface area contributed by atoms with Crippen molar-refractivity contribution in [3.05, 3.63) is 35.9 Å². The molecule has 1 aromatic carbocycles. The lowest BCUT2D eigenvalue weighted by Gasteiger charge is -2.06. The van der Waals surface area contributed by atoms with Crippen LogP contribution in [0.1, 0.15) is 30.6 Å². The molecule has 0 radical (unpaired) electrons. The summed E-state index contributed by atoms with van der Waals surface area (Å²) in [5.41, 5.74) is 0.809. The van der Waals surface area contributed by atoms with Gasteiger partial charge in [0.25, 0.3) is 0 Å². The van der Waals surface area contributed by atoms with Crippen LogP contribution in [0.25, 0.3) is 0 Å². The molecule has 1 aromatic rings. The fourth-order valence-electron chi connectivity index (χ4n) is 1.36. The Bertz CT molecular complexity index is 293. The second-order valence-electron chi connectivity index (χ2n) is 4.14. The first-order valence-electron chi connectivity index (χ1n) is 5.49. The molecule has 0 aliphatic carbocycles. The summed E-state index contributed by atoms with van der Waals surface area (Å²) < 4.78 is 0. The lowest BCUT2D eigenvalue weighted by molar-refractivity contribution is 0.0982. The van der Waals surface area contributed by atoms with Crippen LogP contribution in [0.15, 0.2) is 30.3 Å². The molecule has 2 nitrogen and oxygen atoms in total. The largest absolute Gasteiger partial charge is 0.316 e. The van der Waals surface area contributed by atoms with Crippen molar-refractivity contribution in [2.45, 2.75) is 20.3 Å². The van der Waals surface area contributed by atoms with Crippen molar-refractivity contribution in [3.63, 3.8) is 0 Å². The second kappa shape index (κ2) is 6.36. The van der Waals surface area contributed by atoms with E-state index in [1.807, 2.05) is 30.3 Å². The third-order valence-corrected chi connectivity index (χ3v) is 2.18. The Morgan fingerprint density at radius 3 is 2.53 bits per heavy atom. The van der Waals surface area contributed by atoms with Crippen molar-refractivity contribution in [2.24, 2.45) is 5.92 Å². The number of hydrogen-bond acceptors (Lipinski definition) is 2. The normalized spacial score (nSPS) is 10.6. The molecule has 1 N–H and O–H groups in total. The maximum atomic E-state index is 11.6. The van der Waals surface area contributed by atoms with E-state index in [0.717, 1.165) is 18.7 Å². The van der Waals surface area contributed by atoms with Crippen LogP contribution in [0, 0.1) is 5.92 Å². The Morgan fingerprint density at radius 2 is 1.93 bits per heavy atom. The van der Waals surface area contributed by atoms with Crippen LogP contribution in [-0.2, 0) is 0 Å². The molecule has 0 atom stereocenters. The molecule has 1 rings (SSSR count). The Kier molecular flexibility index (Phi) is 5.05. The molecular formula is C13H19NO. The molecule has 0 saturated carbocycles. The average molecular weight is 205 g/mol. The highest BCUT2D eigenvalue weighted by Crippen LogP contribution is 2.02. The van der Waals surface area contributed by atoms with Gasteiger partial charge in [-0.1, -0.05) is 44.2 Å². The summed E-state index contributed by atoms with van der Waals surface area (Å²) in [6.07, 6.45) is 0.580. The highest BCUT2D eigenvalue weighted by molar-refractivity contribution is 5.96. The lowest BCUT2D eigenvalue weighted by Crippen LogP contribution is -2.22. The van der Waals surface area contributed by atoms with Crippen molar-refractivity contribution in [2.75, 3.05) is 13.1 Å². The Hall–Kier alpha value is -1.15. The topological polar surface area (TPSA) is 29.1 Å². The fourth-order valence-corrected chi connectivity index (χ4v) is 1.36. The number of nitrogens with one attached hydrogen (secondary N) is 1. The zero-order valence-corrected chi connectivity index (χ0v) is 9.49. The SMILES string of the molecule is CC(C)CNCCC(=O)c1ccccc1. The molecule has 0 aliphatic heterocycles. The summed E-state index contributed by atoms with van der Waals surface area (Å²) in [7, 11) is 0. The Balaban J connectivity index is 2.25. The minimum absolute atomic E-state index is 0.215. The number of benzene rings is 1. The summed E-state index contributed by atoms with van der Waals surface area (Å²) in [5, 5.41) is 3.26. The standard InChI is InChI=1S/C13H19NO/c1-11(2)10-14-9-8-13(15)12-6-4-3-5-7-12/h3-7,11,14H,8-10H2,1-2H3. The van der Waals surface area contributed by atoms with Gasteiger partial charge in [-0.05, 0) is 12.5 Å². The van der Waals surface area contributed by atoms with E-state index < -0.39 is 0 Å². The minimum Gasteiger partial charge on any atom is -0.316 e.